The first-order valence-electron chi connectivity index (χ1n) is 43.4. The molecular formula is C79H142N11O34P. The van der Waals surface area contributed by atoms with Crippen LogP contribution in [0.1, 0.15) is 188 Å². The number of aliphatic hydroxyl groups excluding tert-OH is 10. The second kappa shape index (κ2) is 62.7. The summed E-state index contributed by atoms with van der Waals surface area (Å²) < 4.78 is 73.5. The zero-order valence-corrected chi connectivity index (χ0v) is 73.4. The highest BCUT2D eigenvalue weighted by molar-refractivity contribution is 7.47. The van der Waals surface area contributed by atoms with Crippen LogP contribution in [0.3, 0.4) is 0 Å². The number of hydrogen-bond acceptors (Lipinski definition) is 33. The van der Waals surface area contributed by atoms with E-state index in [2.05, 4.69) is 57.7 Å². The summed E-state index contributed by atoms with van der Waals surface area (Å²) in [6, 6.07) is -3.90. The number of nitrogens with zero attached hydrogens (tertiary/aromatic N) is 1. The van der Waals surface area contributed by atoms with E-state index in [0.29, 0.717) is 77.0 Å². The Morgan fingerprint density at radius 3 is 1.00 bits per heavy atom. The van der Waals surface area contributed by atoms with Crippen LogP contribution in [-0.4, -0.2) is 374 Å². The van der Waals surface area contributed by atoms with Crippen molar-refractivity contribution in [1.82, 2.24) is 58.1 Å². The normalized spacial score (nSPS) is 25.2. The van der Waals surface area contributed by atoms with Gasteiger partial charge in [-0.2, -0.15) is 0 Å². The number of β-amino-alcohol motifs (C(OH)–C–C–N with tert-alkyl or cyclic N) is 1. The molecule has 21 N–H and O–H groups in total. The van der Waals surface area contributed by atoms with Gasteiger partial charge < -0.3 is 157 Å². The molecule has 0 saturated carbocycles. The average molecular weight is 1820 g/mol. The fourth-order valence-electron chi connectivity index (χ4n) is 14.0. The van der Waals surface area contributed by atoms with Crippen LogP contribution in [0.5, 0.6) is 0 Å². The number of carbonyl (C=O) groups excluding carboxylic acids is 11. The van der Waals surface area contributed by atoms with E-state index < -0.39 is 179 Å². The van der Waals surface area contributed by atoms with Crippen molar-refractivity contribution in [3.63, 3.8) is 0 Å². The molecule has 18 atom stereocenters. The number of unbranched alkanes of at least 4 members (excludes halogenated alkanes) is 10. The van der Waals surface area contributed by atoms with E-state index in [-0.39, 0.29) is 193 Å². The molecule has 46 heteroatoms. The topological polar surface area (TPSA) is 652 Å². The summed E-state index contributed by atoms with van der Waals surface area (Å²) in [6.07, 6.45) is -6.85. The van der Waals surface area contributed by atoms with Gasteiger partial charge in [-0.1, -0.05) is 38.5 Å². The van der Waals surface area contributed by atoms with Gasteiger partial charge in [0.1, 0.15) is 78.6 Å². The lowest BCUT2D eigenvalue weighted by Crippen LogP contribution is -2.64. The Morgan fingerprint density at radius 2 is 0.688 bits per heavy atom. The van der Waals surface area contributed by atoms with Gasteiger partial charge in [0.2, 0.25) is 65.0 Å². The Labute approximate surface area is 729 Å². The van der Waals surface area contributed by atoms with E-state index in [9.17, 15) is 113 Å². The van der Waals surface area contributed by atoms with Crippen molar-refractivity contribution in [1.29, 1.82) is 0 Å². The number of aliphatic hydroxyl groups is 10. The number of carbonyl (C=O) groups is 11. The fourth-order valence-corrected chi connectivity index (χ4v) is 14.5. The van der Waals surface area contributed by atoms with E-state index >= 15 is 0 Å². The Balaban J connectivity index is 1.31. The van der Waals surface area contributed by atoms with Gasteiger partial charge in [0.05, 0.1) is 78.2 Å². The summed E-state index contributed by atoms with van der Waals surface area (Å²) in [5.74, 6) is -4.08. The van der Waals surface area contributed by atoms with E-state index in [1.807, 2.05) is 0 Å². The Morgan fingerprint density at radius 1 is 0.392 bits per heavy atom. The van der Waals surface area contributed by atoms with Gasteiger partial charge in [-0.25, -0.2) is 4.57 Å². The Kier molecular flexibility index (Phi) is 55.6. The van der Waals surface area contributed by atoms with Crippen LogP contribution in [-0.2, 0) is 109 Å². The van der Waals surface area contributed by atoms with Gasteiger partial charge in [-0.15, -0.1) is 0 Å². The SMILES string of the molecule is COP(=O)(O)OC[C@H]1C[C@@H](O)CN1C(=O)CCCCCCCCCCC(=O)NC(COCCC(=O)NCCCNC(=O)CCCCO[C@@H]1OC(CO)[C@H](O)[C@H](O)C1NC(C)=O)(COCCC(=O)NCCCNC(=O)CCCCO[C@@H]1OC(CO)[C@H](O)[C@H](O)C1NC(C)=O)COCCC(=O)NCCCNC(=O)CCCCO[C@@H]1OC(CO)[C@H](O)[C@H](O)C1NC(C)=O. The molecule has 4 aliphatic heterocycles. The first-order valence-corrected chi connectivity index (χ1v) is 44.9. The summed E-state index contributed by atoms with van der Waals surface area (Å²) in [4.78, 5) is 151. The fraction of sp³-hybridized carbons (Fsp3) is 0.861. The second-order valence-corrected chi connectivity index (χ2v) is 33.1. The number of nitrogens with one attached hydrogen (secondary N) is 10. The molecular weight excluding hydrogens is 1680 g/mol. The molecule has 0 radical (unpaired) electrons. The molecule has 0 spiro atoms. The predicted octanol–water partition coefficient (Wildman–Crippen LogP) is -5.05. The Bertz CT molecular complexity index is 2980. The molecule has 0 bridgehead atoms. The number of likely N-dealkylation sites (tertiary alicyclic amines) is 1. The maximum atomic E-state index is 14.1. The van der Waals surface area contributed by atoms with Crippen LogP contribution in [0.25, 0.3) is 0 Å². The van der Waals surface area contributed by atoms with Crippen molar-refractivity contribution in [2.75, 3.05) is 139 Å². The number of ether oxygens (including phenoxy) is 9. The highest BCUT2D eigenvalue weighted by Crippen LogP contribution is 2.43. The molecule has 0 aliphatic carbocycles. The van der Waals surface area contributed by atoms with Crippen molar-refractivity contribution < 1.29 is 165 Å². The van der Waals surface area contributed by atoms with Gasteiger partial charge in [0.15, 0.2) is 18.9 Å². The van der Waals surface area contributed by atoms with E-state index in [1.165, 1.54) is 25.7 Å². The summed E-state index contributed by atoms with van der Waals surface area (Å²) in [7, 11) is -3.25. The van der Waals surface area contributed by atoms with E-state index in [1.54, 1.807) is 0 Å². The minimum Gasteiger partial charge on any atom is -0.394 e. The van der Waals surface area contributed by atoms with Crippen molar-refractivity contribution in [3.8, 4) is 0 Å². The molecule has 4 heterocycles. The van der Waals surface area contributed by atoms with Crippen LogP contribution in [0, 0.1) is 0 Å². The monoisotopic (exact) mass is 1820 g/mol. The number of phosphoric acid groups is 1. The van der Waals surface area contributed by atoms with Gasteiger partial charge in [-0.05, 0) is 77.0 Å². The maximum Gasteiger partial charge on any atom is 0.471 e. The third kappa shape index (κ3) is 45.1. The van der Waals surface area contributed by atoms with Crippen LogP contribution >= 0.6 is 7.82 Å². The molecule has 125 heavy (non-hydrogen) atoms. The van der Waals surface area contributed by atoms with Gasteiger partial charge in [0.25, 0.3) is 0 Å². The van der Waals surface area contributed by atoms with Crippen molar-refractivity contribution in [2.45, 2.75) is 297 Å². The molecule has 7 unspecified atom stereocenters. The second-order valence-electron chi connectivity index (χ2n) is 31.5. The molecule has 4 aliphatic rings. The molecule has 45 nitrogen and oxygen atoms in total. The van der Waals surface area contributed by atoms with Crippen molar-refractivity contribution in [2.24, 2.45) is 0 Å². The first kappa shape index (κ1) is 111. The lowest BCUT2D eigenvalue weighted by atomic mass is 9.97. The molecule has 4 saturated heterocycles. The standard InChI is InChI=1S/C79H142N11O34P/c1-51(94)86-67-73(109)70(106)56(44-91)122-76(67)118-36-16-13-22-59(98)80-30-19-33-83-62(101)27-39-115-48-79(89-65(104)25-11-9-7-5-6-8-10-12-26-66(105)90-43-55(97)42-54(90)47-121-125(112,113)114-4,49-116-40-28-63(102)84-34-20-31-81-60(99)23-14-17-37-119-77-68(87-52(2)95)74(110)71(107)57(45-92)123-77)50-117-41-29-64(103)85-35-21-32-82-61(100)24-15-18-38-120-78-69(88-53(3)96)75(111)72(108)58(46-93)124-78/h54-58,67-78,91-93,97,106-111H,5-50H2,1-4H3,(H,80,98)(H,81,99)(H,82,100)(H,83,101)(H,84,102)(H,85,103)(H,86,94)(H,87,95)(H,88,96)(H,89,104)(H,112,113)/t54-,55-,56?,57?,58?,67?,68?,69?,70+,71+,72+,73-,74-,75-,76-,77-,78-,79?/m1/s1. The Hall–Kier alpha value is -6.48. The molecule has 722 valence electrons. The van der Waals surface area contributed by atoms with Crippen molar-refractivity contribution in [3.05, 3.63) is 0 Å². The quantitative estimate of drug-likeness (QED) is 0.0200. The first-order chi connectivity index (χ1) is 59.8. The average Bonchev–Trinajstić information content (AvgIpc) is 1.57. The number of rotatable bonds is 67. The third-order valence-electron chi connectivity index (χ3n) is 20.9. The lowest BCUT2D eigenvalue weighted by molar-refractivity contribution is -0.270. The predicted molar refractivity (Wildman–Crippen MR) is 440 cm³/mol. The van der Waals surface area contributed by atoms with E-state index in [0.717, 1.165) is 39.2 Å². The summed E-state index contributed by atoms with van der Waals surface area (Å²) in [5, 5.41) is 129. The molecule has 11 amide bonds. The molecule has 0 aromatic carbocycles. The number of phosphoric ester groups is 1. The highest BCUT2D eigenvalue weighted by atomic mass is 31.2. The molecule has 4 rings (SSSR count). The zero-order valence-electron chi connectivity index (χ0n) is 72.5. The van der Waals surface area contributed by atoms with Crippen LogP contribution in [0.4, 0.5) is 0 Å². The number of hydrogen-bond donors (Lipinski definition) is 21. The highest BCUT2D eigenvalue weighted by Gasteiger charge is 2.48. The summed E-state index contributed by atoms with van der Waals surface area (Å²) in [5.41, 5.74) is -1.46. The smallest absolute Gasteiger partial charge is 0.394 e. The van der Waals surface area contributed by atoms with Gasteiger partial charge >= 0.3 is 7.82 Å². The molecule has 4 fully saturated rings. The van der Waals surface area contributed by atoms with Gasteiger partial charge in [0, 0.05) is 145 Å². The number of amides is 11. The summed E-state index contributed by atoms with van der Waals surface area (Å²) in [6.45, 7) is 1.84. The van der Waals surface area contributed by atoms with Crippen LogP contribution < -0.4 is 53.2 Å². The minimum atomic E-state index is -4.28. The lowest BCUT2D eigenvalue weighted by Gasteiger charge is -2.42. The van der Waals surface area contributed by atoms with Crippen LogP contribution in [0.15, 0.2) is 0 Å². The molecule has 0 aromatic heterocycles. The van der Waals surface area contributed by atoms with Gasteiger partial charge in [-0.3, -0.25) is 61.8 Å². The minimum absolute atomic E-state index is 0.0647. The largest absolute Gasteiger partial charge is 0.471 e. The van der Waals surface area contributed by atoms with E-state index in [4.69, 9.17) is 47.2 Å². The maximum absolute atomic E-state index is 14.1. The van der Waals surface area contributed by atoms with Crippen molar-refractivity contribution >= 4 is 72.8 Å². The van der Waals surface area contributed by atoms with Crippen LogP contribution in [0.2, 0.25) is 0 Å². The third-order valence-corrected chi connectivity index (χ3v) is 21.8. The zero-order chi connectivity index (χ0) is 92.1. The molecule has 0 aromatic rings. The summed E-state index contributed by atoms with van der Waals surface area (Å²) >= 11 is 0.